The number of hydrogen-bond donors (Lipinski definition) is 2. The lowest BCUT2D eigenvalue weighted by atomic mass is 10.1. The van der Waals surface area contributed by atoms with Gasteiger partial charge in [-0.15, -0.1) is 0 Å². The van der Waals surface area contributed by atoms with E-state index >= 15 is 0 Å². The number of aromatic nitrogens is 1. The fourth-order valence-electron chi connectivity index (χ4n) is 2.26. The van der Waals surface area contributed by atoms with Gasteiger partial charge >= 0.3 is 5.97 Å². The Morgan fingerprint density at radius 1 is 1.30 bits per heavy atom. The molecule has 1 aromatic heterocycles. The van der Waals surface area contributed by atoms with Crippen molar-refractivity contribution in [2.24, 2.45) is 0 Å². The van der Waals surface area contributed by atoms with Gasteiger partial charge < -0.3 is 15.0 Å². The molecule has 0 aliphatic heterocycles. The van der Waals surface area contributed by atoms with Gasteiger partial charge in [0.2, 0.25) is 5.91 Å². The molecule has 112 valence electrons. The number of unbranched alkanes of at least 4 members (excludes halogenated alkanes) is 1. The molecule has 0 aromatic carbocycles. The lowest BCUT2D eigenvalue weighted by Crippen LogP contribution is -2.37. The van der Waals surface area contributed by atoms with E-state index in [0.29, 0.717) is 0 Å². The van der Waals surface area contributed by atoms with Gasteiger partial charge in [-0.1, -0.05) is 33.1 Å². The van der Waals surface area contributed by atoms with Crippen molar-refractivity contribution >= 4 is 11.9 Å². The number of hydrogen-bond acceptors (Lipinski definition) is 2. The molecule has 0 aliphatic rings. The minimum absolute atomic E-state index is 0.0565. The highest BCUT2D eigenvalue weighted by molar-refractivity contribution is 5.86. The number of carboxylic acid groups (broad SMARTS) is 1. The Bertz CT molecular complexity index is 440. The molecule has 1 aromatic rings. The normalized spacial score (nSPS) is 12.1. The summed E-state index contributed by atoms with van der Waals surface area (Å²) in [6.45, 7) is 4.28. The number of amides is 1. The molecule has 5 nitrogen and oxygen atoms in total. The van der Waals surface area contributed by atoms with E-state index in [1.54, 1.807) is 12.3 Å². The first-order valence-corrected chi connectivity index (χ1v) is 7.26. The van der Waals surface area contributed by atoms with Crippen molar-refractivity contribution in [2.75, 3.05) is 0 Å². The number of carbonyl (C=O) groups excluding carboxylic acids is 1. The van der Waals surface area contributed by atoms with Crippen molar-refractivity contribution < 1.29 is 14.7 Å². The van der Waals surface area contributed by atoms with Crippen LogP contribution in [0, 0.1) is 0 Å². The third-order valence-corrected chi connectivity index (χ3v) is 3.27. The van der Waals surface area contributed by atoms with Crippen molar-refractivity contribution in [3.05, 3.63) is 24.0 Å². The van der Waals surface area contributed by atoms with Crippen LogP contribution >= 0.6 is 0 Å². The van der Waals surface area contributed by atoms with Gasteiger partial charge in [-0.2, -0.15) is 0 Å². The standard InChI is InChI=1S/C15H24N2O3/c1-3-5-8-12(7-4-2)16-14(18)11-17-10-6-9-13(17)15(19)20/h6,9-10,12H,3-5,7-8,11H2,1-2H3,(H,16,18)(H,19,20). The van der Waals surface area contributed by atoms with Gasteiger partial charge in [0.1, 0.15) is 12.2 Å². The maximum atomic E-state index is 12.0. The van der Waals surface area contributed by atoms with E-state index in [9.17, 15) is 9.59 Å². The Kier molecular flexibility index (Phi) is 6.84. The SMILES string of the molecule is CCCCC(CCC)NC(=O)Cn1cccc1C(=O)O. The maximum Gasteiger partial charge on any atom is 0.352 e. The molecular formula is C15H24N2O3. The molecule has 1 unspecified atom stereocenters. The van der Waals surface area contributed by atoms with Crippen LogP contribution in [0.1, 0.15) is 56.4 Å². The molecular weight excluding hydrogens is 256 g/mol. The van der Waals surface area contributed by atoms with Crippen molar-refractivity contribution in [3.8, 4) is 0 Å². The summed E-state index contributed by atoms with van der Waals surface area (Å²) in [4.78, 5) is 23.0. The summed E-state index contributed by atoms with van der Waals surface area (Å²) >= 11 is 0. The van der Waals surface area contributed by atoms with E-state index < -0.39 is 5.97 Å². The fourth-order valence-corrected chi connectivity index (χ4v) is 2.26. The smallest absolute Gasteiger partial charge is 0.352 e. The molecule has 1 rings (SSSR count). The minimum Gasteiger partial charge on any atom is -0.477 e. The Morgan fingerprint density at radius 3 is 2.65 bits per heavy atom. The molecule has 1 amide bonds. The van der Waals surface area contributed by atoms with Crippen LogP contribution in [0.3, 0.4) is 0 Å². The van der Waals surface area contributed by atoms with Crippen LogP contribution in [-0.4, -0.2) is 27.6 Å². The molecule has 0 aliphatic carbocycles. The molecule has 0 spiro atoms. The third-order valence-electron chi connectivity index (χ3n) is 3.27. The summed E-state index contributed by atoms with van der Waals surface area (Å²) in [5.41, 5.74) is 0.140. The molecule has 0 saturated heterocycles. The molecule has 2 N–H and O–H groups in total. The first-order valence-electron chi connectivity index (χ1n) is 7.26. The van der Waals surface area contributed by atoms with E-state index in [2.05, 4.69) is 19.2 Å². The first-order chi connectivity index (χ1) is 9.58. The van der Waals surface area contributed by atoms with E-state index in [1.807, 2.05) is 0 Å². The number of rotatable bonds is 9. The minimum atomic E-state index is -1.01. The highest BCUT2D eigenvalue weighted by Gasteiger charge is 2.14. The van der Waals surface area contributed by atoms with E-state index in [0.717, 1.165) is 32.1 Å². The molecule has 1 heterocycles. The summed E-state index contributed by atoms with van der Waals surface area (Å²) in [7, 11) is 0. The third kappa shape index (κ3) is 5.07. The Hall–Kier alpha value is -1.78. The first kappa shape index (κ1) is 16.3. The van der Waals surface area contributed by atoms with Gasteiger partial charge in [0.15, 0.2) is 0 Å². The van der Waals surface area contributed by atoms with E-state index in [-0.39, 0.29) is 24.2 Å². The zero-order valence-corrected chi connectivity index (χ0v) is 12.3. The zero-order valence-electron chi connectivity index (χ0n) is 12.3. The Labute approximate surface area is 120 Å². The Morgan fingerprint density at radius 2 is 2.05 bits per heavy atom. The van der Waals surface area contributed by atoms with E-state index in [1.165, 1.54) is 10.6 Å². The number of nitrogens with one attached hydrogen (secondary N) is 1. The number of aromatic carboxylic acids is 1. The van der Waals surface area contributed by atoms with Crippen molar-refractivity contribution in [2.45, 2.75) is 58.5 Å². The van der Waals surface area contributed by atoms with Gasteiger partial charge in [0.05, 0.1) is 0 Å². The topological polar surface area (TPSA) is 71.3 Å². The second kappa shape index (κ2) is 8.40. The van der Waals surface area contributed by atoms with Crippen molar-refractivity contribution in [1.29, 1.82) is 0 Å². The zero-order chi connectivity index (χ0) is 15.0. The monoisotopic (exact) mass is 280 g/mol. The lowest BCUT2D eigenvalue weighted by molar-refractivity contribution is -0.122. The maximum absolute atomic E-state index is 12.0. The predicted molar refractivity (Wildman–Crippen MR) is 77.8 cm³/mol. The predicted octanol–water partition coefficient (Wildman–Crippen LogP) is 2.66. The lowest BCUT2D eigenvalue weighted by Gasteiger charge is -2.18. The average Bonchev–Trinajstić information content (AvgIpc) is 2.84. The van der Waals surface area contributed by atoms with Crippen LogP contribution in [0.4, 0.5) is 0 Å². The van der Waals surface area contributed by atoms with Gasteiger partial charge in [0.25, 0.3) is 0 Å². The Balaban J connectivity index is 2.56. The van der Waals surface area contributed by atoms with Crippen LogP contribution < -0.4 is 5.32 Å². The summed E-state index contributed by atoms with van der Waals surface area (Å²) in [5.74, 6) is -1.14. The fraction of sp³-hybridized carbons (Fsp3) is 0.600. The number of carbonyl (C=O) groups is 2. The van der Waals surface area contributed by atoms with Crippen LogP contribution in [0.25, 0.3) is 0 Å². The van der Waals surface area contributed by atoms with Gasteiger partial charge in [-0.3, -0.25) is 4.79 Å². The van der Waals surface area contributed by atoms with Crippen LogP contribution in [0.2, 0.25) is 0 Å². The summed E-state index contributed by atoms with van der Waals surface area (Å²) in [6, 6.07) is 3.32. The molecule has 0 saturated carbocycles. The van der Waals surface area contributed by atoms with E-state index in [4.69, 9.17) is 5.11 Å². The van der Waals surface area contributed by atoms with Gasteiger partial charge in [-0.25, -0.2) is 4.79 Å². The quantitative estimate of drug-likeness (QED) is 0.730. The number of nitrogens with zero attached hydrogens (tertiary/aromatic N) is 1. The molecule has 1 atom stereocenters. The molecule has 0 radical (unpaired) electrons. The van der Waals surface area contributed by atoms with Gasteiger partial charge in [-0.05, 0) is 25.0 Å². The van der Waals surface area contributed by atoms with Crippen LogP contribution in [0.15, 0.2) is 18.3 Å². The van der Waals surface area contributed by atoms with Crippen molar-refractivity contribution in [3.63, 3.8) is 0 Å². The van der Waals surface area contributed by atoms with Gasteiger partial charge in [0, 0.05) is 12.2 Å². The molecule has 20 heavy (non-hydrogen) atoms. The largest absolute Gasteiger partial charge is 0.477 e. The van der Waals surface area contributed by atoms with Crippen LogP contribution in [-0.2, 0) is 11.3 Å². The van der Waals surface area contributed by atoms with Crippen molar-refractivity contribution in [1.82, 2.24) is 9.88 Å². The second-order valence-electron chi connectivity index (χ2n) is 5.02. The molecule has 0 bridgehead atoms. The molecule has 0 fully saturated rings. The summed E-state index contributed by atoms with van der Waals surface area (Å²) in [5, 5.41) is 12.0. The second-order valence-corrected chi connectivity index (χ2v) is 5.02. The highest BCUT2D eigenvalue weighted by Crippen LogP contribution is 2.08. The molecule has 5 heteroatoms. The highest BCUT2D eigenvalue weighted by atomic mass is 16.4. The average molecular weight is 280 g/mol. The van der Waals surface area contributed by atoms with Crippen LogP contribution in [0.5, 0.6) is 0 Å². The summed E-state index contributed by atoms with van der Waals surface area (Å²) in [6.07, 6.45) is 6.78. The summed E-state index contributed by atoms with van der Waals surface area (Å²) < 4.78 is 1.46. The number of carboxylic acids is 1.